The number of carbonyl (C=O) groups is 1. The fraction of sp³-hybridized carbons (Fsp3) is 0.400. The van der Waals surface area contributed by atoms with Gasteiger partial charge in [-0.1, -0.05) is 24.3 Å². The average Bonchev–Trinajstić information content (AvgIpc) is 3.10. The molecule has 6 heteroatoms. The van der Waals surface area contributed by atoms with Gasteiger partial charge in [0.2, 0.25) is 0 Å². The topological polar surface area (TPSA) is 49.8 Å². The Kier molecular flexibility index (Phi) is 6.66. The molecule has 1 N–H and O–H groups in total. The summed E-state index contributed by atoms with van der Waals surface area (Å²) in [6, 6.07) is 10.2. The minimum Gasteiger partial charge on any atom is -0.486 e. The number of hydrogen-bond acceptors (Lipinski definition) is 3. The lowest BCUT2D eigenvalue weighted by atomic mass is 9.92. The van der Waals surface area contributed by atoms with E-state index in [0.717, 1.165) is 48.9 Å². The molecule has 0 bridgehead atoms. The number of rotatable bonds is 7. The van der Waals surface area contributed by atoms with E-state index in [0.29, 0.717) is 25.1 Å². The van der Waals surface area contributed by atoms with Gasteiger partial charge in [0.15, 0.2) is 11.6 Å². The Bertz CT molecular complexity index is 989. The van der Waals surface area contributed by atoms with Crippen LogP contribution in [0.15, 0.2) is 42.5 Å². The van der Waals surface area contributed by atoms with Gasteiger partial charge in [0.05, 0.1) is 12.2 Å². The molecule has 31 heavy (non-hydrogen) atoms. The molecular formula is C25H27F2NO3. The van der Waals surface area contributed by atoms with E-state index in [2.05, 4.69) is 4.90 Å². The number of benzene rings is 2. The van der Waals surface area contributed by atoms with Gasteiger partial charge < -0.3 is 9.84 Å². The van der Waals surface area contributed by atoms with E-state index in [4.69, 9.17) is 4.74 Å². The first-order valence-corrected chi connectivity index (χ1v) is 10.9. The van der Waals surface area contributed by atoms with Crippen molar-refractivity contribution in [2.75, 3.05) is 26.3 Å². The zero-order valence-corrected chi connectivity index (χ0v) is 17.4. The second kappa shape index (κ2) is 9.60. The van der Waals surface area contributed by atoms with E-state index in [9.17, 15) is 14.3 Å². The highest BCUT2D eigenvalue weighted by Gasteiger charge is 2.26. The molecule has 2 aromatic carbocycles. The number of halogens is 2. The third kappa shape index (κ3) is 4.79. The summed E-state index contributed by atoms with van der Waals surface area (Å²) in [6.45, 7) is 1.87. The molecule has 1 heterocycles. The Morgan fingerprint density at radius 2 is 2.10 bits per heavy atom. The fourth-order valence-electron chi connectivity index (χ4n) is 4.47. The highest BCUT2D eigenvalue weighted by atomic mass is 19.1. The summed E-state index contributed by atoms with van der Waals surface area (Å²) in [4.78, 5) is 13.5. The lowest BCUT2D eigenvalue weighted by Crippen LogP contribution is -2.26. The largest absolute Gasteiger partial charge is 0.486 e. The fourth-order valence-corrected chi connectivity index (χ4v) is 4.47. The van der Waals surface area contributed by atoms with Crippen LogP contribution < -0.4 is 4.74 Å². The summed E-state index contributed by atoms with van der Waals surface area (Å²) in [6.07, 6.45) is 5.65. The van der Waals surface area contributed by atoms with Crippen LogP contribution in [0.5, 0.6) is 5.75 Å². The van der Waals surface area contributed by atoms with Crippen LogP contribution in [0, 0.1) is 5.82 Å². The number of carboxylic acid groups (broad SMARTS) is 1. The molecule has 164 valence electrons. The van der Waals surface area contributed by atoms with Crippen LogP contribution >= 0.6 is 0 Å². The Balaban J connectivity index is 1.59. The molecule has 0 unspecified atom stereocenters. The number of fused-ring (bicyclic) bond motifs is 1. The number of alkyl halides is 1. The lowest BCUT2D eigenvalue weighted by Gasteiger charge is -2.18. The second-order valence-electron chi connectivity index (χ2n) is 8.18. The van der Waals surface area contributed by atoms with Gasteiger partial charge in [-0.2, -0.15) is 0 Å². The van der Waals surface area contributed by atoms with Crippen molar-refractivity contribution in [3.8, 4) is 5.75 Å². The number of hydrogen-bond donors (Lipinski definition) is 1. The van der Waals surface area contributed by atoms with E-state index >= 15 is 4.39 Å². The van der Waals surface area contributed by atoms with Crippen molar-refractivity contribution in [1.29, 1.82) is 0 Å². The summed E-state index contributed by atoms with van der Waals surface area (Å²) >= 11 is 0. The molecule has 2 aliphatic rings. The van der Waals surface area contributed by atoms with Gasteiger partial charge >= 0.3 is 5.97 Å². The van der Waals surface area contributed by atoms with Gasteiger partial charge in [0.25, 0.3) is 0 Å². The van der Waals surface area contributed by atoms with Crippen molar-refractivity contribution in [1.82, 2.24) is 4.90 Å². The number of allylic oxidation sites excluding steroid dienone is 1. The SMILES string of the molecule is O=C(O)c1ccc2c(c1)CCCC=C2c1cccc(O[C@@H]2CCN(CCCF)C2)c1F. The summed E-state index contributed by atoms with van der Waals surface area (Å²) in [5.74, 6) is -1.13. The number of likely N-dealkylation sites (tertiary alicyclic amines) is 1. The molecule has 0 spiro atoms. The molecule has 4 nitrogen and oxygen atoms in total. The first-order valence-electron chi connectivity index (χ1n) is 10.9. The van der Waals surface area contributed by atoms with E-state index in [1.54, 1.807) is 36.4 Å². The molecule has 2 aromatic rings. The normalized spacial score (nSPS) is 18.9. The third-order valence-electron chi connectivity index (χ3n) is 6.03. The van der Waals surface area contributed by atoms with Crippen LogP contribution in [0.25, 0.3) is 5.57 Å². The standard InChI is InChI=1S/C25H27F2NO3/c26-12-4-13-28-14-11-19(16-28)31-23-8-3-7-22(24(23)27)21-6-2-1-5-17-15-18(25(29)30)9-10-20(17)21/h3,6-10,15,19H,1-2,4-5,11-14,16H2,(H,29,30)/t19-/m1/s1. The van der Waals surface area contributed by atoms with Gasteiger partial charge in [0, 0.05) is 25.2 Å². The lowest BCUT2D eigenvalue weighted by molar-refractivity contribution is 0.0696. The van der Waals surface area contributed by atoms with Gasteiger partial charge in [0.1, 0.15) is 6.10 Å². The van der Waals surface area contributed by atoms with Gasteiger partial charge in [-0.05, 0) is 67.0 Å². The number of aromatic carboxylic acids is 1. The average molecular weight is 427 g/mol. The number of aryl methyl sites for hydroxylation is 1. The maximum atomic E-state index is 15.5. The molecule has 0 saturated carbocycles. The Morgan fingerprint density at radius 1 is 1.23 bits per heavy atom. The molecule has 4 rings (SSSR count). The monoisotopic (exact) mass is 427 g/mol. The van der Waals surface area contributed by atoms with Crippen LogP contribution in [0.4, 0.5) is 8.78 Å². The van der Waals surface area contributed by atoms with E-state index in [1.165, 1.54) is 0 Å². The van der Waals surface area contributed by atoms with E-state index < -0.39 is 11.8 Å². The molecule has 0 radical (unpaired) electrons. The number of carboxylic acids is 1. The summed E-state index contributed by atoms with van der Waals surface area (Å²) < 4.78 is 33.9. The van der Waals surface area contributed by atoms with Crippen molar-refractivity contribution in [3.05, 3.63) is 70.5 Å². The highest BCUT2D eigenvalue weighted by molar-refractivity contribution is 5.90. The summed E-state index contributed by atoms with van der Waals surface area (Å²) in [5.41, 5.74) is 3.29. The highest BCUT2D eigenvalue weighted by Crippen LogP contribution is 2.36. The van der Waals surface area contributed by atoms with Crippen molar-refractivity contribution in [2.45, 2.75) is 38.2 Å². The quantitative estimate of drug-likeness (QED) is 0.668. The molecular weight excluding hydrogens is 400 g/mol. The predicted octanol–water partition coefficient (Wildman–Crippen LogP) is 5.10. The van der Waals surface area contributed by atoms with Crippen molar-refractivity contribution >= 4 is 11.5 Å². The zero-order chi connectivity index (χ0) is 21.8. The third-order valence-corrected chi connectivity index (χ3v) is 6.03. The minimum absolute atomic E-state index is 0.113. The van der Waals surface area contributed by atoms with Crippen molar-refractivity contribution in [2.24, 2.45) is 0 Å². The molecule has 1 saturated heterocycles. The van der Waals surface area contributed by atoms with Gasteiger partial charge in [-0.3, -0.25) is 9.29 Å². The summed E-state index contributed by atoms with van der Waals surface area (Å²) in [7, 11) is 0. The van der Waals surface area contributed by atoms with Crippen molar-refractivity contribution < 1.29 is 23.4 Å². The molecule has 0 amide bonds. The Hall–Kier alpha value is -2.73. The summed E-state index contributed by atoms with van der Waals surface area (Å²) in [5, 5.41) is 9.31. The Labute approximate surface area is 181 Å². The molecule has 0 aromatic heterocycles. The molecule has 1 atom stereocenters. The first-order chi connectivity index (χ1) is 15.1. The van der Waals surface area contributed by atoms with Gasteiger partial charge in [-0.15, -0.1) is 0 Å². The number of nitrogens with zero attached hydrogens (tertiary/aromatic N) is 1. The maximum absolute atomic E-state index is 15.5. The van der Waals surface area contributed by atoms with Crippen LogP contribution in [-0.4, -0.2) is 48.4 Å². The van der Waals surface area contributed by atoms with E-state index in [-0.39, 0.29) is 24.1 Å². The molecule has 1 aliphatic heterocycles. The van der Waals surface area contributed by atoms with Crippen LogP contribution in [-0.2, 0) is 6.42 Å². The van der Waals surface area contributed by atoms with E-state index in [1.807, 2.05) is 6.08 Å². The van der Waals surface area contributed by atoms with Crippen LogP contribution in [0.1, 0.15) is 52.7 Å². The van der Waals surface area contributed by atoms with Crippen molar-refractivity contribution in [3.63, 3.8) is 0 Å². The zero-order valence-electron chi connectivity index (χ0n) is 17.4. The number of ether oxygens (including phenoxy) is 1. The second-order valence-corrected chi connectivity index (χ2v) is 8.18. The van der Waals surface area contributed by atoms with Crippen LogP contribution in [0.3, 0.4) is 0 Å². The molecule has 1 aliphatic carbocycles. The van der Waals surface area contributed by atoms with Crippen LogP contribution in [0.2, 0.25) is 0 Å². The first kappa shape index (κ1) is 21.5. The molecule has 1 fully saturated rings. The minimum atomic E-state index is -0.962. The maximum Gasteiger partial charge on any atom is 0.335 e. The van der Waals surface area contributed by atoms with Gasteiger partial charge in [-0.25, -0.2) is 9.18 Å². The predicted molar refractivity (Wildman–Crippen MR) is 116 cm³/mol. The Morgan fingerprint density at radius 3 is 2.90 bits per heavy atom. The smallest absolute Gasteiger partial charge is 0.335 e.